The van der Waals surface area contributed by atoms with Gasteiger partial charge in [0.2, 0.25) is 5.95 Å². The quantitative estimate of drug-likeness (QED) is 0.246. The third-order valence-electron chi connectivity index (χ3n) is 6.71. The summed E-state index contributed by atoms with van der Waals surface area (Å²) >= 11 is 0. The zero-order valence-electron chi connectivity index (χ0n) is 20.9. The molecule has 192 valence electrons. The Balaban J connectivity index is 1.51. The molecule has 5 aromatic rings. The highest BCUT2D eigenvalue weighted by atomic mass is 19.1. The Bertz CT molecular complexity index is 1360. The summed E-state index contributed by atoms with van der Waals surface area (Å²) < 4.78 is 29.0. The zero-order chi connectivity index (χ0) is 26.5. The lowest BCUT2D eigenvalue weighted by atomic mass is 9.77. The van der Waals surface area contributed by atoms with Crippen molar-refractivity contribution in [1.29, 1.82) is 0 Å². The van der Waals surface area contributed by atoms with E-state index < -0.39 is 29.3 Å². The van der Waals surface area contributed by atoms with Crippen molar-refractivity contribution in [1.82, 2.24) is 14.8 Å². The summed E-state index contributed by atoms with van der Waals surface area (Å²) in [5.74, 6) is -1.02. The van der Waals surface area contributed by atoms with Crippen LogP contribution in [0.4, 0.5) is 14.7 Å². The number of hydrogen-bond acceptors (Lipinski definition) is 4. The summed E-state index contributed by atoms with van der Waals surface area (Å²) in [7, 11) is 0. The first-order valence-corrected chi connectivity index (χ1v) is 12.4. The smallest absolute Gasteiger partial charge is 0.242 e. The van der Waals surface area contributed by atoms with Gasteiger partial charge in [-0.2, -0.15) is 0 Å². The molecule has 7 heteroatoms. The van der Waals surface area contributed by atoms with Gasteiger partial charge in [0.25, 0.3) is 0 Å². The summed E-state index contributed by atoms with van der Waals surface area (Å²) in [5.41, 5.74) is 2.59. The lowest BCUT2D eigenvalue weighted by Gasteiger charge is -2.35. The van der Waals surface area contributed by atoms with E-state index in [9.17, 15) is 13.9 Å². The monoisotopic (exact) mass is 510 g/mol. The van der Waals surface area contributed by atoms with E-state index in [1.165, 1.54) is 12.1 Å². The van der Waals surface area contributed by atoms with Crippen LogP contribution in [0.25, 0.3) is 0 Å². The van der Waals surface area contributed by atoms with Gasteiger partial charge in [0, 0.05) is 12.5 Å². The van der Waals surface area contributed by atoms with Gasteiger partial charge in [0.05, 0.1) is 12.1 Å². The van der Waals surface area contributed by atoms with Crippen LogP contribution in [0.2, 0.25) is 0 Å². The van der Waals surface area contributed by atoms with E-state index in [1.54, 1.807) is 13.3 Å². The number of nitrogens with zero attached hydrogens (tertiary/aromatic N) is 3. The maximum atomic E-state index is 13.6. The third-order valence-corrected chi connectivity index (χ3v) is 6.71. The second kappa shape index (κ2) is 10.9. The molecule has 0 amide bonds. The van der Waals surface area contributed by atoms with Crippen LogP contribution in [0.5, 0.6) is 0 Å². The minimum atomic E-state index is -0.926. The van der Waals surface area contributed by atoms with E-state index in [2.05, 4.69) is 46.7 Å². The molecule has 0 spiro atoms. The molecule has 0 aliphatic heterocycles. The van der Waals surface area contributed by atoms with Gasteiger partial charge in [-0.1, -0.05) is 91.0 Å². The van der Waals surface area contributed by atoms with E-state index in [0.717, 1.165) is 22.8 Å². The predicted octanol–water partition coefficient (Wildman–Crippen LogP) is 5.80. The van der Waals surface area contributed by atoms with Gasteiger partial charge in [-0.25, -0.2) is 18.4 Å². The standard InChI is InChI=1S/C31H28F2N4O/c1-22(29(38)19-23-17-27(32)20-28(33)18-23)35-30-34-21-37(36-30)31(24-11-5-2-6-12-24,25-13-7-3-8-14-25)26-15-9-4-10-16-26/h2-18,20-22,29,38H,19H2,1H3,(H,35,36). The Labute approximate surface area is 220 Å². The van der Waals surface area contributed by atoms with Crippen molar-refractivity contribution in [2.24, 2.45) is 0 Å². The molecule has 0 saturated heterocycles. The molecule has 1 heterocycles. The Morgan fingerprint density at radius 2 is 1.26 bits per heavy atom. The molecule has 0 fully saturated rings. The number of hydrogen-bond donors (Lipinski definition) is 2. The summed E-state index contributed by atoms with van der Waals surface area (Å²) in [6, 6.07) is 33.1. The summed E-state index contributed by atoms with van der Waals surface area (Å²) in [6.45, 7) is 1.78. The molecule has 0 saturated carbocycles. The summed E-state index contributed by atoms with van der Waals surface area (Å²) in [5, 5.41) is 18.7. The summed E-state index contributed by atoms with van der Waals surface area (Å²) in [6.07, 6.45) is 0.826. The van der Waals surface area contributed by atoms with Crippen molar-refractivity contribution in [2.75, 3.05) is 5.32 Å². The molecule has 2 atom stereocenters. The summed E-state index contributed by atoms with van der Waals surface area (Å²) in [4.78, 5) is 4.53. The highest BCUT2D eigenvalue weighted by Gasteiger charge is 2.39. The second-order valence-corrected chi connectivity index (χ2v) is 9.30. The molecule has 2 unspecified atom stereocenters. The minimum absolute atomic E-state index is 0.0749. The molecular formula is C31H28F2N4O. The largest absolute Gasteiger partial charge is 0.391 e. The maximum absolute atomic E-state index is 13.6. The Hall–Kier alpha value is -4.36. The normalized spacial score (nSPS) is 13.2. The molecule has 0 radical (unpaired) electrons. The molecule has 0 aliphatic carbocycles. The first kappa shape index (κ1) is 25.3. The van der Waals surface area contributed by atoms with Crippen LogP contribution < -0.4 is 5.32 Å². The van der Waals surface area contributed by atoms with Gasteiger partial charge >= 0.3 is 0 Å². The molecule has 4 aromatic carbocycles. The number of halogens is 2. The molecule has 5 rings (SSSR count). The minimum Gasteiger partial charge on any atom is -0.391 e. The SMILES string of the molecule is CC(Nc1ncn(C(c2ccccc2)(c2ccccc2)c2ccccc2)n1)C(O)Cc1cc(F)cc(F)c1. The van der Waals surface area contributed by atoms with Crippen molar-refractivity contribution in [3.8, 4) is 0 Å². The first-order valence-electron chi connectivity index (χ1n) is 12.4. The molecule has 5 nitrogen and oxygen atoms in total. The highest BCUT2D eigenvalue weighted by molar-refractivity contribution is 5.50. The average molecular weight is 511 g/mol. The van der Waals surface area contributed by atoms with E-state index in [1.807, 2.05) is 59.3 Å². The van der Waals surface area contributed by atoms with E-state index >= 15 is 0 Å². The number of rotatable bonds is 9. The van der Waals surface area contributed by atoms with E-state index in [-0.39, 0.29) is 6.42 Å². The molecule has 38 heavy (non-hydrogen) atoms. The molecule has 0 aliphatic rings. The highest BCUT2D eigenvalue weighted by Crippen LogP contribution is 2.40. The van der Waals surface area contributed by atoms with Gasteiger partial charge < -0.3 is 10.4 Å². The molecule has 0 bridgehead atoms. The number of benzene rings is 4. The third kappa shape index (κ3) is 5.06. The Morgan fingerprint density at radius 3 is 1.74 bits per heavy atom. The van der Waals surface area contributed by atoms with Crippen molar-refractivity contribution in [3.63, 3.8) is 0 Å². The van der Waals surface area contributed by atoms with Crippen LogP contribution >= 0.6 is 0 Å². The first-order chi connectivity index (χ1) is 18.5. The van der Waals surface area contributed by atoms with Gasteiger partial charge in [0.1, 0.15) is 23.5 Å². The number of aliphatic hydroxyl groups is 1. The van der Waals surface area contributed by atoms with Crippen molar-refractivity contribution < 1.29 is 13.9 Å². The fourth-order valence-corrected chi connectivity index (χ4v) is 4.87. The number of aromatic nitrogens is 3. The lowest BCUT2D eigenvalue weighted by molar-refractivity contribution is 0.158. The van der Waals surface area contributed by atoms with E-state index in [4.69, 9.17) is 5.10 Å². The van der Waals surface area contributed by atoms with Gasteiger partial charge in [-0.05, 0) is 41.3 Å². The Kier molecular flexibility index (Phi) is 7.29. The number of anilines is 1. The zero-order valence-corrected chi connectivity index (χ0v) is 20.9. The van der Waals surface area contributed by atoms with Gasteiger partial charge in [-0.3, -0.25) is 0 Å². The molecule has 1 aromatic heterocycles. The van der Waals surface area contributed by atoms with Gasteiger partial charge in [-0.15, -0.1) is 5.10 Å². The molecular weight excluding hydrogens is 482 g/mol. The van der Waals surface area contributed by atoms with Crippen LogP contribution in [0.3, 0.4) is 0 Å². The van der Waals surface area contributed by atoms with Crippen LogP contribution in [-0.4, -0.2) is 32.0 Å². The Morgan fingerprint density at radius 1 is 0.789 bits per heavy atom. The predicted molar refractivity (Wildman–Crippen MR) is 144 cm³/mol. The average Bonchev–Trinajstić information content (AvgIpc) is 3.39. The van der Waals surface area contributed by atoms with Crippen LogP contribution in [-0.2, 0) is 12.0 Å². The number of nitrogens with one attached hydrogen (secondary N) is 1. The van der Waals surface area contributed by atoms with Crippen molar-refractivity contribution >= 4 is 5.95 Å². The van der Waals surface area contributed by atoms with Crippen LogP contribution in [0.1, 0.15) is 29.2 Å². The van der Waals surface area contributed by atoms with Crippen molar-refractivity contribution in [3.05, 3.63) is 149 Å². The van der Waals surface area contributed by atoms with Gasteiger partial charge in [0.15, 0.2) is 0 Å². The topological polar surface area (TPSA) is 63.0 Å². The van der Waals surface area contributed by atoms with Crippen molar-refractivity contribution in [2.45, 2.75) is 31.0 Å². The molecule has 2 N–H and O–H groups in total. The maximum Gasteiger partial charge on any atom is 0.242 e. The fourth-order valence-electron chi connectivity index (χ4n) is 4.87. The van der Waals surface area contributed by atoms with Crippen LogP contribution in [0.15, 0.2) is 116 Å². The van der Waals surface area contributed by atoms with Crippen LogP contribution in [0, 0.1) is 11.6 Å². The second-order valence-electron chi connectivity index (χ2n) is 9.30. The number of aliphatic hydroxyl groups excluding tert-OH is 1. The lowest BCUT2D eigenvalue weighted by Crippen LogP contribution is -2.38. The fraction of sp³-hybridized carbons (Fsp3) is 0.161. The van der Waals surface area contributed by atoms with E-state index in [0.29, 0.717) is 11.5 Å².